The van der Waals surface area contributed by atoms with Crippen LogP contribution in [0.15, 0.2) is 12.1 Å². The van der Waals surface area contributed by atoms with Gasteiger partial charge in [0.1, 0.15) is 0 Å². The van der Waals surface area contributed by atoms with Gasteiger partial charge in [0.05, 0.1) is 5.69 Å². The van der Waals surface area contributed by atoms with Crippen molar-refractivity contribution < 1.29 is 0 Å². The van der Waals surface area contributed by atoms with Gasteiger partial charge in [-0.25, -0.2) is 0 Å². The Morgan fingerprint density at radius 1 is 1.40 bits per heavy atom. The molecule has 1 rings (SSSR count). The van der Waals surface area contributed by atoms with E-state index in [1.165, 1.54) is 0 Å². The lowest BCUT2D eigenvalue weighted by Crippen LogP contribution is -2.22. The van der Waals surface area contributed by atoms with E-state index in [4.69, 9.17) is 0 Å². The lowest BCUT2D eigenvalue weighted by Gasteiger charge is -2.16. The molecule has 1 aromatic rings. The zero-order chi connectivity index (χ0) is 11.1. The van der Waals surface area contributed by atoms with Crippen LogP contribution < -0.4 is 10.2 Å². The van der Waals surface area contributed by atoms with Crippen LogP contribution >= 0.6 is 11.8 Å². The molecule has 0 amide bonds. The molecule has 0 saturated carbocycles. The van der Waals surface area contributed by atoms with Crippen molar-refractivity contribution in [1.82, 2.24) is 15.5 Å². The van der Waals surface area contributed by atoms with E-state index in [9.17, 15) is 0 Å². The van der Waals surface area contributed by atoms with Crippen LogP contribution in [0.4, 0.5) is 5.82 Å². The maximum absolute atomic E-state index is 4.18. The van der Waals surface area contributed by atoms with Gasteiger partial charge in [-0.2, -0.15) is 16.9 Å². The zero-order valence-electron chi connectivity index (χ0n) is 9.53. The highest BCUT2D eigenvalue weighted by Gasteiger charge is 2.02. The predicted octanol–water partition coefficient (Wildman–Crippen LogP) is 0.995. The fraction of sp³-hybridized carbons (Fsp3) is 0.600. The van der Waals surface area contributed by atoms with Crippen LogP contribution in [0.1, 0.15) is 5.69 Å². The molecule has 0 unspecified atom stereocenters. The molecule has 0 aliphatic heterocycles. The van der Waals surface area contributed by atoms with E-state index in [0.717, 1.165) is 30.4 Å². The molecule has 1 heterocycles. The Labute approximate surface area is 95.5 Å². The smallest absolute Gasteiger partial charge is 0.151 e. The van der Waals surface area contributed by atoms with Crippen LogP contribution in [0.3, 0.4) is 0 Å². The van der Waals surface area contributed by atoms with Crippen molar-refractivity contribution in [3.05, 3.63) is 17.8 Å². The second-order valence-electron chi connectivity index (χ2n) is 3.33. The van der Waals surface area contributed by atoms with Gasteiger partial charge in [0.25, 0.3) is 0 Å². The van der Waals surface area contributed by atoms with Crippen LogP contribution in [0.5, 0.6) is 0 Å². The van der Waals surface area contributed by atoms with Crippen molar-refractivity contribution in [3.8, 4) is 0 Å². The molecular formula is C10H18N4S. The molecule has 1 aromatic heterocycles. The number of nitrogens with zero attached hydrogens (tertiary/aromatic N) is 3. The van der Waals surface area contributed by atoms with Crippen molar-refractivity contribution >= 4 is 17.6 Å². The van der Waals surface area contributed by atoms with E-state index in [1.807, 2.05) is 38.0 Å². The van der Waals surface area contributed by atoms with Gasteiger partial charge in [-0.1, -0.05) is 0 Å². The average Bonchev–Trinajstić information content (AvgIpc) is 2.27. The molecule has 1 N–H and O–H groups in total. The summed E-state index contributed by atoms with van der Waals surface area (Å²) in [6.45, 7) is 1.77. The predicted molar refractivity (Wildman–Crippen MR) is 66.4 cm³/mol. The molecule has 0 radical (unpaired) electrons. The molecule has 15 heavy (non-hydrogen) atoms. The van der Waals surface area contributed by atoms with Gasteiger partial charge in [-0.15, -0.1) is 5.10 Å². The number of nitrogens with one attached hydrogen (secondary N) is 1. The Bertz CT molecular complexity index is 275. The van der Waals surface area contributed by atoms with Gasteiger partial charge in [0.15, 0.2) is 5.82 Å². The number of anilines is 1. The topological polar surface area (TPSA) is 41.0 Å². The van der Waals surface area contributed by atoms with Gasteiger partial charge in [0, 0.05) is 25.9 Å². The molecule has 0 saturated heterocycles. The van der Waals surface area contributed by atoms with Gasteiger partial charge >= 0.3 is 0 Å². The van der Waals surface area contributed by atoms with Crippen molar-refractivity contribution in [3.63, 3.8) is 0 Å². The van der Waals surface area contributed by atoms with Crippen LogP contribution in [0.2, 0.25) is 0 Å². The summed E-state index contributed by atoms with van der Waals surface area (Å²) in [7, 11) is 3.94. The standard InChI is InChI=1S/C10H18N4S/c1-11-8-9-4-5-10(13-12-9)14(2)6-7-15-3/h4-5,11H,6-8H2,1-3H3. The number of rotatable bonds is 6. The van der Waals surface area contributed by atoms with Crippen LogP contribution in [-0.2, 0) is 6.54 Å². The van der Waals surface area contributed by atoms with Crippen LogP contribution in [0.25, 0.3) is 0 Å². The number of hydrogen-bond acceptors (Lipinski definition) is 5. The van der Waals surface area contributed by atoms with E-state index < -0.39 is 0 Å². The Hall–Kier alpha value is -0.810. The minimum absolute atomic E-state index is 0.766. The molecule has 0 atom stereocenters. The first-order valence-corrected chi connectivity index (χ1v) is 6.34. The van der Waals surface area contributed by atoms with Crippen LogP contribution in [-0.4, -0.2) is 42.8 Å². The summed E-state index contributed by atoms with van der Waals surface area (Å²) in [4.78, 5) is 2.12. The molecule has 0 spiro atoms. The largest absolute Gasteiger partial charge is 0.357 e. The van der Waals surface area contributed by atoms with E-state index in [2.05, 4.69) is 26.7 Å². The van der Waals surface area contributed by atoms with Gasteiger partial charge < -0.3 is 10.2 Å². The molecule has 0 aromatic carbocycles. The average molecular weight is 226 g/mol. The first-order chi connectivity index (χ1) is 7.27. The highest BCUT2D eigenvalue weighted by atomic mass is 32.2. The number of aromatic nitrogens is 2. The third kappa shape index (κ3) is 4.05. The second kappa shape index (κ2) is 6.63. The molecule has 0 aliphatic carbocycles. The zero-order valence-corrected chi connectivity index (χ0v) is 10.3. The molecule has 0 aliphatic rings. The monoisotopic (exact) mass is 226 g/mol. The minimum Gasteiger partial charge on any atom is -0.357 e. The van der Waals surface area contributed by atoms with Gasteiger partial charge in [-0.05, 0) is 25.4 Å². The Morgan fingerprint density at radius 3 is 2.73 bits per heavy atom. The molecule has 0 fully saturated rings. The Morgan fingerprint density at radius 2 is 2.20 bits per heavy atom. The summed E-state index contributed by atoms with van der Waals surface area (Å²) in [6.07, 6.45) is 2.11. The first kappa shape index (κ1) is 12.3. The van der Waals surface area contributed by atoms with Gasteiger partial charge in [0.2, 0.25) is 0 Å². The highest BCUT2D eigenvalue weighted by Crippen LogP contribution is 2.07. The van der Waals surface area contributed by atoms with E-state index in [0.29, 0.717) is 0 Å². The first-order valence-electron chi connectivity index (χ1n) is 4.95. The molecular weight excluding hydrogens is 208 g/mol. The summed E-state index contributed by atoms with van der Waals surface area (Å²) < 4.78 is 0. The summed E-state index contributed by atoms with van der Waals surface area (Å²) in [5, 5.41) is 11.4. The Kier molecular flexibility index (Phi) is 5.42. The summed E-state index contributed by atoms with van der Waals surface area (Å²) in [5.74, 6) is 2.04. The van der Waals surface area contributed by atoms with Gasteiger partial charge in [-0.3, -0.25) is 0 Å². The second-order valence-corrected chi connectivity index (χ2v) is 4.31. The summed E-state index contributed by atoms with van der Waals surface area (Å²) in [6, 6.07) is 4.02. The third-order valence-corrected chi connectivity index (χ3v) is 2.68. The molecule has 0 bridgehead atoms. The maximum Gasteiger partial charge on any atom is 0.151 e. The number of thioether (sulfide) groups is 1. The fourth-order valence-electron chi connectivity index (χ4n) is 1.17. The van der Waals surface area contributed by atoms with Crippen molar-refractivity contribution in [2.75, 3.05) is 37.5 Å². The third-order valence-electron chi connectivity index (χ3n) is 2.09. The van der Waals surface area contributed by atoms with E-state index in [-0.39, 0.29) is 0 Å². The lowest BCUT2D eigenvalue weighted by molar-refractivity contribution is 0.762. The van der Waals surface area contributed by atoms with E-state index >= 15 is 0 Å². The van der Waals surface area contributed by atoms with Crippen molar-refractivity contribution in [2.45, 2.75) is 6.54 Å². The maximum atomic E-state index is 4.18. The highest BCUT2D eigenvalue weighted by molar-refractivity contribution is 7.98. The quantitative estimate of drug-likeness (QED) is 0.783. The lowest BCUT2D eigenvalue weighted by atomic mass is 10.3. The molecule has 5 heteroatoms. The fourth-order valence-corrected chi connectivity index (χ4v) is 1.63. The van der Waals surface area contributed by atoms with Crippen molar-refractivity contribution in [2.24, 2.45) is 0 Å². The van der Waals surface area contributed by atoms with Crippen molar-refractivity contribution in [1.29, 1.82) is 0 Å². The SMILES string of the molecule is CNCc1ccc(N(C)CCSC)nn1. The normalized spacial score (nSPS) is 10.3. The summed E-state index contributed by atoms with van der Waals surface area (Å²) >= 11 is 1.84. The summed E-state index contributed by atoms with van der Waals surface area (Å²) in [5.41, 5.74) is 0.972. The number of hydrogen-bond donors (Lipinski definition) is 1. The van der Waals surface area contributed by atoms with E-state index in [1.54, 1.807) is 0 Å². The molecule has 4 nitrogen and oxygen atoms in total. The molecule has 84 valence electrons. The van der Waals surface area contributed by atoms with Crippen LogP contribution in [0, 0.1) is 0 Å². The Balaban J connectivity index is 2.54. The minimum atomic E-state index is 0.766.